The zero-order valence-electron chi connectivity index (χ0n) is 14.3. The van der Waals surface area contributed by atoms with Crippen LogP contribution in [0.25, 0.3) is 10.9 Å². The number of aromatic nitrogens is 2. The molecule has 6 nitrogen and oxygen atoms in total. The second-order valence-corrected chi connectivity index (χ2v) is 7.19. The van der Waals surface area contributed by atoms with E-state index in [2.05, 4.69) is 31.5 Å². The molecule has 0 spiro atoms. The number of pyridine rings is 2. The quantitative estimate of drug-likeness (QED) is 0.688. The molecule has 1 fully saturated rings. The van der Waals surface area contributed by atoms with Gasteiger partial charge in [0, 0.05) is 35.2 Å². The molecule has 0 bridgehead atoms. The number of aryl methyl sites for hydroxylation is 1. The highest BCUT2D eigenvalue weighted by molar-refractivity contribution is 9.10. The summed E-state index contributed by atoms with van der Waals surface area (Å²) < 4.78 is 8.18. The minimum Gasteiger partial charge on any atom is -0.378 e. The van der Waals surface area contributed by atoms with E-state index in [0.29, 0.717) is 24.7 Å². The number of nitrogens with one attached hydrogen (secondary N) is 2. The van der Waals surface area contributed by atoms with Crippen LogP contribution >= 0.6 is 15.9 Å². The van der Waals surface area contributed by atoms with Crippen molar-refractivity contribution in [3.8, 4) is 0 Å². The maximum absolute atomic E-state index is 12.8. The van der Waals surface area contributed by atoms with E-state index >= 15 is 0 Å². The maximum atomic E-state index is 12.8. The Labute approximate surface area is 159 Å². The van der Waals surface area contributed by atoms with Crippen LogP contribution in [0.1, 0.15) is 11.6 Å². The standard InChI is InChI=1S/C19H19BrN4O2/c1-24-17-5-4-13(20)9-12(17)10-15(19(24)25)23-18-14(3-2-6-22-18)16-11-26-8-7-21-16/h2-6,9-10,16,21H,7-8,11H2,1H3,(H,22,23). The van der Waals surface area contributed by atoms with Gasteiger partial charge in [-0.3, -0.25) is 4.79 Å². The lowest BCUT2D eigenvalue weighted by molar-refractivity contribution is 0.0770. The fourth-order valence-corrected chi connectivity index (χ4v) is 3.62. The summed E-state index contributed by atoms with van der Waals surface area (Å²) in [5.41, 5.74) is 2.27. The molecule has 0 radical (unpaired) electrons. The van der Waals surface area contributed by atoms with Crippen LogP contribution in [0.4, 0.5) is 11.5 Å². The molecule has 2 aromatic heterocycles. The van der Waals surface area contributed by atoms with E-state index in [1.165, 1.54) is 0 Å². The third-order valence-electron chi connectivity index (χ3n) is 4.57. The van der Waals surface area contributed by atoms with E-state index in [0.717, 1.165) is 27.5 Å². The summed E-state index contributed by atoms with van der Waals surface area (Å²) in [6, 6.07) is 11.7. The minimum absolute atomic E-state index is 0.0541. The summed E-state index contributed by atoms with van der Waals surface area (Å²) in [5.74, 6) is 0.668. The minimum atomic E-state index is -0.0933. The van der Waals surface area contributed by atoms with Crippen molar-refractivity contribution in [3.05, 3.63) is 63.0 Å². The van der Waals surface area contributed by atoms with Gasteiger partial charge in [-0.2, -0.15) is 0 Å². The van der Waals surface area contributed by atoms with Crippen molar-refractivity contribution >= 4 is 38.3 Å². The Bertz CT molecular complexity index is 1010. The number of nitrogens with zero attached hydrogens (tertiary/aromatic N) is 2. The highest BCUT2D eigenvalue weighted by Gasteiger charge is 2.20. The zero-order valence-corrected chi connectivity index (χ0v) is 15.9. The lowest BCUT2D eigenvalue weighted by Crippen LogP contribution is -2.35. The van der Waals surface area contributed by atoms with Gasteiger partial charge < -0.3 is 19.9 Å². The van der Waals surface area contributed by atoms with Gasteiger partial charge in [0.25, 0.3) is 5.56 Å². The van der Waals surface area contributed by atoms with Crippen molar-refractivity contribution in [1.82, 2.24) is 14.9 Å². The molecule has 1 unspecified atom stereocenters. The van der Waals surface area contributed by atoms with E-state index < -0.39 is 0 Å². The Morgan fingerprint density at radius 3 is 3.04 bits per heavy atom. The van der Waals surface area contributed by atoms with E-state index in [4.69, 9.17) is 4.74 Å². The second kappa shape index (κ2) is 7.19. The average Bonchev–Trinajstić information content (AvgIpc) is 2.67. The number of hydrogen-bond acceptors (Lipinski definition) is 5. The Morgan fingerprint density at radius 1 is 1.35 bits per heavy atom. The van der Waals surface area contributed by atoms with Gasteiger partial charge >= 0.3 is 0 Å². The van der Waals surface area contributed by atoms with Gasteiger partial charge in [-0.05, 0) is 30.3 Å². The molecule has 1 aromatic carbocycles. The van der Waals surface area contributed by atoms with E-state index in [-0.39, 0.29) is 11.6 Å². The first-order chi connectivity index (χ1) is 12.6. The molecular weight excluding hydrogens is 396 g/mol. The number of ether oxygens (including phenoxy) is 1. The van der Waals surface area contributed by atoms with Crippen LogP contribution in [0, 0.1) is 0 Å². The van der Waals surface area contributed by atoms with Crippen LogP contribution < -0.4 is 16.2 Å². The number of fused-ring (bicyclic) bond motifs is 1. The molecule has 0 amide bonds. The Kier molecular flexibility index (Phi) is 4.76. The SMILES string of the molecule is Cn1c(=O)c(Nc2ncccc2C2COCCN2)cc2cc(Br)ccc21. The van der Waals surface area contributed by atoms with Crippen LogP contribution in [-0.2, 0) is 11.8 Å². The van der Waals surface area contributed by atoms with Gasteiger partial charge in [0.15, 0.2) is 0 Å². The first kappa shape index (κ1) is 17.2. The van der Waals surface area contributed by atoms with Crippen LogP contribution in [0.15, 0.2) is 51.9 Å². The van der Waals surface area contributed by atoms with E-state index in [1.807, 2.05) is 36.4 Å². The van der Waals surface area contributed by atoms with Gasteiger partial charge in [-0.15, -0.1) is 0 Å². The molecule has 1 aliphatic rings. The Hall–Kier alpha value is -2.22. The fourth-order valence-electron chi connectivity index (χ4n) is 3.24. The molecule has 3 aromatic rings. The Morgan fingerprint density at radius 2 is 2.23 bits per heavy atom. The molecule has 2 N–H and O–H groups in total. The molecule has 1 aliphatic heterocycles. The first-order valence-electron chi connectivity index (χ1n) is 8.46. The van der Waals surface area contributed by atoms with Gasteiger partial charge in [-0.25, -0.2) is 4.98 Å². The third-order valence-corrected chi connectivity index (χ3v) is 5.07. The molecule has 0 saturated carbocycles. The average molecular weight is 415 g/mol. The highest BCUT2D eigenvalue weighted by Crippen LogP contribution is 2.26. The molecule has 7 heteroatoms. The van der Waals surface area contributed by atoms with Gasteiger partial charge in [0.1, 0.15) is 11.5 Å². The third kappa shape index (κ3) is 3.25. The normalized spacial score (nSPS) is 17.4. The molecule has 134 valence electrons. The molecule has 26 heavy (non-hydrogen) atoms. The summed E-state index contributed by atoms with van der Waals surface area (Å²) in [7, 11) is 1.78. The summed E-state index contributed by atoms with van der Waals surface area (Å²) >= 11 is 3.49. The lowest BCUT2D eigenvalue weighted by Gasteiger charge is -2.25. The molecule has 4 rings (SSSR count). The summed E-state index contributed by atoms with van der Waals surface area (Å²) in [6.07, 6.45) is 1.72. The van der Waals surface area contributed by atoms with Crippen LogP contribution in [0.3, 0.4) is 0 Å². The van der Waals surface area contributed by atoms with Crippen molar-refractivity contribution in [3.63, 3.8) is 0 Å². The second-order valence-electron chi connectivity index (χ2n) is 6.27. The van der Waals surface area contributed by atoms with Crippen molar-refractivity contribution in [1.29, 1.82) is 0 Å². The number of hydrogen-bond donors (Lipinski definition) is 2. The maximum Gasteiger partial charge on any atom is 0.274 e. The molecular formula is C19H19BrN4O2. The Balaban J connectivity index is 1.76. The molecule has 1 saturated heterocycles. The molecule has 1 atom stereocenters. The number of halogens is 1. The number of anilines is 2. The molecule has 3 heterocycles. The van der Waals surface area contributed by atoms with Crippen molar-refractivity contribution in [2.24, 2.45) is 7.05 Å². The largest absolute Gasteiger partial charge is 0.378 e. The monoisotopic (exact) mass is 414 g/mol. The van der Waals surface area contributed by atoms with Crippen LogP contribution in [0.5, 0.6) is 0 Å². The van der Waals surface area contributed by atoms with Gasteiger partial charge in [-0.1, -0.05) is 22.0 Å². The summed E-state index contributed by atoms with van der Waals surface area (Å²) in [4.78, 5) is 17.2. The first-order valence-corrected chi connectivity index (χ1v) is 9.25. The number of morpholine rings is 1. The summed E-state index contributed by atoms with van der Waals surface area (Å²) in [5, 5.41) is 7.64. The molecule has 0 aliphatic carbocycles. The number of benzene rings is 1. The van der Waals surface area contributed by atoms with Crippen LogP contribution in [-0.4, -0.2) is 29.3 Å². The predicted molar refractivity (Wildman–Crippen MR) is 106 cm³/mol. The van der Waals surface area contributed by atoms with Crippen molar-refractivity contribution in [2.75, 3.05) is 25.1 Å². The summed E-state index contributed by atoms with van der Waals surface area (Å²) in [6.45, 7) is 2.09. The van der Waals surface area contributed by atoms with Gasteiger partial charge in [0.05, 0.1) is 24.8 Å². The number of rotatable bonds is 3. The smallest absolute Gasteiger partial charge is 0.274 e. The van der Waals surface area contributed by atoms with Gasteiger partial charge in [0.2, 0.25) is 0 Å². The van der Waals surface area contributed by atoms with E-state index in [1.54, 1.807) is 17.8 Å². The topological polar surface area (TPSA) is 68.2 Å². The lowest BCUT2D eigenvalue weighted by atomic mass is 10.1. The van der Waals surface area contributed by atoms with E-state index in [9.17, 15) is 4.79 Å². The predicted octanol–water partition coefficient (Wildman–Crippen LogP) is 3.10. The zero-order chi connectivity index (χ0) is 18.1. The fraction of sp³-hybridized carbons (Fsp3) is 0.263. The highest BCUT2D eigenvalue weighted by atomic mass is 79.9. The van der Waals surface area contributed by atoms with Crippen molar-refractivity contribution < 1.29 is 4.74 Å². The van der Waals surface area contributed by atoms with Crippen LogP contribution in [0.2, 0.25) is 0 Å². The van der Waals surface area contributed by atoms with Crippen molar-refractivity contribution in [2.45, 2.75) is 6.04 Å².